The molecule has 0 spiro atoms. The molecule has 3 aliphatic rings. The van der Waals surface area contributed by atoms with Crippen molar-refractivity contribution in [2.75, 3.05) is 73.6 Å². The van der Waals surface area contributed by atoms with Crippen LogP contribution in [0.15, 0.2) is 55.4 Å². The summed E-state index contributed by atoms with van der Waals surface area (Å²) in [7, 11) is 1.59. The zero-order valence-electron chi connectivity index (χ0n) is 27.1. The number of hydrogen-bond donors (Lipinski definition) is 2. The van der Waals surface area contributed by atoms with Gasteiger partial charge in [-0.1, -0.05) is 30.3 Å². The number of aromatic nitrogens is 2. The molecule has 1 aromatic heterocycles. The summed E-state index contributed by atoms with van der Waals surface area (Å²) in [6, 6.07) is 10.4. The molecule has 0 saturated carbocycles. The Balaban J connectivity index is 1.21. The topological polar surface area (TPSA) is 115 Å². The van der Waals surface area contributed by atoms with Crippen molar-refractivity contribution in [3.8, 4) is 5.75 Å². The number of amides is 2. The largest absolute Gasteiger partial charge is 0.494 e. The van der Waals surface area contributed by atoms with Crippen LogP contribution in [0, 0.1) is 5.82 Å². The molecule has 14 heteroatoms. The normalized spacial score (nSPS) is 18.9. The first-order chi connectivity index (χ1) is 23.2. The van der Waals surface area contributed by atoms with E-state index < -0.39 is 11.9 Å². The molecule has 1 atom stereocenters. The Kier molecular flexibility index (Phi) is 10.3. The van der Waals surface area contributed by atoms with Gasteiger partial charge in [0, 0.05) is 76.4 Å². The maximum atomic E-state index is 14.9. The zero-order chi connectivity index (χ0) is 33.8. The highest BCUT2D eigenvalue weighted by Gasteiger charge is 2.32. The van der Waals surface area contributed by atoms with E-state index in [9.17, 15) is 14.0 Å². The van der Waals surface area contributed by atoms with E-state index in [1.807, 2.05) is 17.0 Å². The van der Waals surface area contributed by atoms with E-state index in [2.05, 4.69) is 37.0 Å². The minimum Gasteiger partial charge on any atom is -0.494 e. The van der Waals surface area contributed by atoms with Crippen LogP contribution in [0.3, 0.4) is 0 Å². The molecule has 2 aromatic carbocycles. The second kappa shape index (κ2) is 14.8. The summed E-state index contributed by atoms with van der Waals surface area (Å²) in [6.07, 6.45) is 5.11. The van der Waals surface area contributed by atoms with Gasteiger partial charge in [-0.05, 0) is 31.1 Å². The van der Waals surface area contributed by atoms with Crippen LogP contribution in [0.25, 0.3) is 0 Å². The number of rotatable bonds is 9. The number of halogens is 2. The van der Waals surface area contributed by atoms with Crippen molar-refractivity contribution < 1.29 is 23.6 Å². The predicted molar refractivity (Wildman–Crippen MR) is 183 cm³/mol. The molecule has 3 aromatic rings. The average molecular weight is 679 g/mol. The lowest BCUT2D eigenvalue weighted by atomic mass is 10.0. The highest BCUT2D eigenvalue weighted by Crippen LogP contribution is 2.41. The predicted octanol–water partition coefficient (Wildman–Crippen LogP) is 5.16. The van der Waals surface area contributed by atoms with Crippen molar-refractivity contribution in [1.82, 2.24) is 19.8 Å². The fourth-order valence-corrected chi connectivity index (χ4v) is 6.87. The fraction of sp³-hybridized carbons (Fsp3) is 0.412. The van der Waals surface area contributed by atoms with Gasteiger partial charge in [-0.15, -0.1) is 0 Å². The molecule has 2 amide bonds. The van der Waals surface area contributed by atoms with Crippen molar-refractivity contribution in [2.24, 2.45) is 0 Å². The number of nitrogens with zero attached hydrogens (tertiary/aromatic N) is 6. The number of ether oxygens (including phenoxy) is 1. The van der Waals surface area contributed by atoms with Crippen LogP contribution in [0.2, 0.25) is 5.02 Å². The van der Waals surface area contributed by atoms with Crippen LogP contribution in [-0.4, -0.2) is 90.6 Å². The molecular formula is C34H40ClFN8O4. The molecule has 254 valence electrons. The Labute approximate surface area is 284 Å². The first kappa shape index (κ1) is 33.4. The van der Waals surface area contributed by atoms with Crippen molar-refractivity contribution >= 4 is 52.1 Å². The maximum absolute atomic E-state index is 14.9. The number of anilines is 5. The Morgan fingerprint density at radius 1 is 1.06 bits per heavy atom. The number of piperidine rings is 1. The van der Waals surface area contributed by atoms with Crippen LogP contribution in [0.5, 0.6) is 5.75 Å². The van der Waals surface area contributed by atoms with Crippen LogP contribution in [0.4, 0.5) is 33.1 Å². The van der Waals surface area contributed by atoms with Gasteiger partial charge in [0.1, 0.15) is 23.7 Å². The standard InChI is InChI=1S/C34H40ClFN8O4/c1-4-33(46)40-26-18-27(30(47-3)19-29(26)43-11-8-23(9-12-43)42-15-13-41(14-16-42)22(2)45)39-31-20-32(38-21-37-31)44-28(10-17-48-44)24-6-5-7-25(35)34(24)36/h4-7,18-21,23,28H,1,8-17H2,2-3H3,(H,40,46)(H,37,38,39)/t28-/m1/s1. The third kappa shape index (κ3) is 7.18. The van der Waals surface area contributed by atoms with E-state index in [0.717, 1.165) is 57.8 Å². The molecule has 48 heavy (non-hydrogen) atoms. The Morgan fingerprint density at radius 3 is 2.54 bits per heavy atom. The lowest BCUT2D eigenvalue weighted by Gasteiger charge is -2.43. The van der Waals surface area contributed by atoms with Gasteiger partial charge in [0.25, 0.3) is 0 Å². The van der Waals surface area contributed by atoms with E-state index in [1.165, 1.54) is 18.5 Å². The summed E-state index contributed by atoms with van der Waals surface area (Å²) in [5.41, 5.74) is 2.44. The van der Waals surface area contributed by atoms with E-state index in [0.29, 0.717) is 53.4 Å². The third-order valence-electron chi connectivity index (χ3n) is 9.23. The molecule has 0 aliphatic carbocycles. The number of piperazine rings is 1. The van der Waals surface area contributed by atoms with Gasteiger partial charge in [0.15, 0.2) is 5.82 Å². The zero-order valence-corrected chi connectivity index (χ0v) is 27.9. The Morgan fingerprint density at radius 2 is 1.83 bits per heavy atom. The summed E-state index contributed by atoms with van der Waals surface area (Å²) >= 11 is 6.07. The monoisotopic (exact) mass is 678 g/mol. The number of methoxy groups -OCH3 is 1. The molecule has 0 bridgehead atoms. The minimum absolute atomic E-state index is 0.0489. The maximum Gasteiger partial charge on any atom is 0.247 e. The highest BCUT2D eigenvalue weighted by atomic mass is 35.5. The minimum atomic E-state index is -0.484. The molecule has 0 radical (unpaired) electrons. The molecule has 6 rings (SSSR count). The number of carbonyl (C=O) groups excluding carboxylic acids is 2. The summed E-state index contributed by atoms with van der Waals surface area (Å²) in [5.74, 6) is 0.753. The van der Waals surface area contributed by atoms with Crippen LogP contribution in [-0.2, 0) is 14.4 Å². The van der Waals surface area contributed by atoms with E-state index in [4.69, 9.17) is 21.2 Å². The number of hydrogen-bond acceptors (Lipinski definition) is 10. The summed E-state index contributed by atoms with van der Waals surface area (Å²) in [4.78, 5) is 45.6. The van der Waals surface area contributed by atoms with Gasteiger partial charge >= 0.3 is 0 Å². The molecule has 3 aliphatic heterocycles. The lowest BCUT2D eigenvalue weighted by Crippen LogP contribution is -2.54. The number of nitrogens with one attached hydrogen (secondary N) is 2. The van der Waals surface area contributed by atoms with E-state index in [-0.39, 0.29) is 16.8 Å². The molecule has 12 nitrogen and oxygen atoms in total. The van der Waals surface area contributed by atoms with Crippen molar-refractivity contribution in [3.63, 3.8) is 0 Å². The summed E-state index contributed by atoms with van der Waals surface area (Å²) in [6.45, 7) is 10.5. The van der Waals surface area contributed by atoms with Crippen LogP contribution in [0.1, 0.15) is 37.8 Å². The van der Waals surface area contributed by atoms with Crippen LogP contribution >= 0.6 is 11.6 Å². The molecule has 3 saturated heterocycles. The molecule has 2 N–H and O–H groups in total. The van der Waals surface area contributed by atoms with Gasteiger partial charge in [-0.3, -0.25) is 19.3 Å². The molecule has 3 fully saturated rings. The quantitative estimate of drug-likeness (QED) is 0.294. The summed E-state index contributed by atoms with van der Waals surface area (Å²) < 4.78 is 20.7. The third-order valence-corrected chi connectivity index (χ3v) is 9.52. The van der Waals surface area contributed by atoms with Crippen molar-refractivity contribution in [2.45, 2.75) is 38.3 Å². The Bertz CT molecular complexity index is 1660. The SMILES string of the molecule is C=CC(=O)Nc1cc(Nc2cc(N3OCC[C@@H]3c3cccc(Cl)c3F)ncn2)c(OC)cc1N1CCC(N2CCN(C(C)=O)CC2)CC1. The molecule has 4 heterocycles. The van der Waals surface area contributed by atoms with Crippen LogP contribution < -0.4 is 25.3 Å². The Hall–Kier alpha value is -4.46. The second-order valence-corrected chi connectivity index (χ2v) is 12.4. The van der Waals surface area contributed by atoms with Crippen molar-refractivity contribution in [3.05, 3.63) is 71.8 Å². The smallest absolute Gasteiger partial charge is 0.247 e. The fourth-order valence-electron chi connectivity index (χ4n) is 6.68. The highest BCUT2D eigenvalue weighted by molar-refractivity contribution is 6.30. The van der Waals surface area contributed by atoms with Gasteiger partial charge in [0.05, 0.1) is 41.8 Å². The lowest BCUT2D eigenvalue weighted by molar-refractivity contribution is -0.131. The number of benzene rings is 2. The first-order valence-corrected chi connectivity index (χ1v) is 16.5. The number of hydroxylamine groups is 1. The second-order valence-electron chi connectivity index (χ2n) is 12.0. The first-order valence-electron chi connectivity index (χ1n) is 16.1. The summed E-state index contributed by atoms with van der Waals surface area (Å²) in [5, 5.41) is 7.89. The van der Waals surface area contributed by atoms with E-state index in [1.54, 1.807) is 37.3 Å². The van der Waals surface area contributed by atoms with Crippen molar-refractivity contribution in [1.29, 1.82) is 0 Å². The van der Waals surface area contributed by atoms with Gasteiger partial charge < -0.3 is 25.2 Å². The van der Waals surface area contributed by atoms with Gasteiger partial charge in [-0.2, -0.15) is 0 Å². The van der Waals surface area contributed by atoms with E-state index >= 15 is 0 Å². The van der Waals surface area contributed by atoms with Gasteiger partial charge in [0.2, 0.25) is 11.8 Å². The van der Waals surface area contributed by atoms with Gasteiger partial charge in [-0.25, -0.2) is 19.4 Å². The average Bonchev–Trinajstić information content (AvgIpc) is 3.60. The number of carbonyl (C=O) groups is 2. The molecule has 0 unspecified atom stereocenters. The molecular weight excluding hydrogens is 639 g/mol.